The molecule has 0 bridgehead atoms. The Morgan fingerprint density at radius 1 is 1.11 bits per heavy atom. The summed E-state index contributed by atoms with van der Waals surface area (Å²) in [6.45, 7) is 1.87. The predicted octanol–water partition coefficient (Wildman–Crippen LogP) is 2.77. The lowest BCUT2D eigenvalue weighted by Crippen LogP contribution is -2.54. The van der Waals surface area contributed by atoms with Gasteiger partial charge in [-0.15, -0.1) is 0 Å². The lowest BCUT2D eigenvalue weighted by Gasteiger charge is -2.28. The van der Waals surface area contributed by atoms with Crippen molar-refractivity contribution in [3.05, 3.63) is 76.5 Å². The van der Waals surface area contributed by atoms with E-state index in [-0.39, 0.29) is 24.4 Å². The highest BCUT2D eigenvalue weighted by Gasteiger charge is 2.42. The molecule has 1 fully saturated rings. The number of amides is 5. The molecule has 0 aliphatic carbocycles. The largest absolute Gasteiger partial charge is 0.351 e. The van der Waals surface area contributed by atoms with Gasteiger partial charge in [0.1, 0.15) is 11.7 Å². The molecule has 9 nitrogen and oxygen atoms in total. The number of carbonyl (C=O) groups excluding carboxylic acids is 5. The van der Waals surface area contributed by atoms with E-state index in [1.165, 1.54) is 6.08 Å². The minimum Gasteiger partial charge on any atom is -0.351 e. The second kappa shape index (κ2) is 9.94. The molecule has 10 heteroatoms. The van der Waals surface area contributed by atoms with Crippen LogP contribution in [0.5, 0.6) is 0 Å². The Balaban J connectivity index is 1.40. The Morgan fingerprint density at radius 3 is 2.66 bits per heavy atom. The van der Waals surface area contributed by atoms with Crippen LogP contribution in [0.25, 0.3) is 6.08 Å². The van der Waals surface area contributed by atoms with Gasteiger partial charge in [0.25, 0.3) is 11.8 Å². The fourth-order valence-corrected chi connectivity index (χ4v) is 3.88. The summed E-state index contributed by atoms with van der Waals surface area (Å²) in [4.78, 5) is 61.8. The second-order valence-electron chi connectivity index (χ2n) is 8.08. The summed E-state index contributed by atoms with van der Waals surface area (Å²) >= 11 is 6.08. The highest BCUT2D eigenvalue weighted by molar-refractivity contribution is 6.31. The van der Waals surface area contributed by atoms with Gasteiger partial charge in [-0.3, -0.25) is 34.2 Å². The van der Waals surface area contributed by atoms with Crippen molar-refractivity contribution >= 4 is 58.6 Å². The molecule has 3 N–H and O–H groups in total. The third kappa shape index (κ3) is 5.47. The van der Waals surface area contributed by atoms with Crippen molar-refractivity contribution in [2.45, 2.75) is 25.8 Å². The molecule has 5 amide bonds. The third-order valence-corrected chi connectivity index (χ3v) is 5.92. The van der Waals surface area contributed by atoms with Crippen LogP contribution in [-0.4, -0.2) is 40.5 Å². The molecule has 4 rings (SSSR count). The van der Waals surface area contributed by atoms with Crippen LogP contribution < -0.4 is 16.0 Å². The molecule has 35 heavy (non-hydrogen) atoms. The van der Waals surface area contributed by atoms with Gasteiger partial charge >= 0.3 is 0 Å². The van der Waals surface area contributed by atoms with E-state index in [1.807, 2.05) is 13.0 Å². The average molecular weight is 493 g/mol. The number of aryl methyl sites for hydroxylation is 1. The molecule has 2 aliphatic rings. The Hall–Kier alpha value is -4.24. The number of anilines is 2. The van der Waals surface area contributed by atoms with Crippen molar-refractivity contribution in [2.24, 2.45) is 0 Å². The molecule has 2 heterocycles. The Bertz CT molecular complexity index is 1320. The van der Waals surface area contributed by atoms with Gasteiger partial charge in [-0.25, -0.2) is 0 Å². The number of halogens is 1. The van der Waals surface area contributed by atoms with Gasteiger partial charge in [-0.05, 0) is 54.8 Å². The molecule has 2 aromatic carbocycles. The van der Waals surface area contributed by atoms with Gasteiger partial charge in [-0.2, -0.15) is 0 Å². The van der Waals surface area contributed by atoms with Crippen LogP contribution in [0.15, 0.2) is 60.3 Å². The van der Waals surface area contributed by atoms with Gasteiger partial charge in [0, 0.05) is 35.0 Å². The first-order valence-electron chi connectivity index (χ1n) is 10.8. The standard InChI is InChI=1S/C25H21ClN4O5/c1-14-5-7-17(12-18(14)26)28-21(31)9-6-15-3-2-4-16(11-15)27-19-13-23(33)30(25(19)35)20-8-10-22(32)29-24(20)34/h2-7,9,11-13,20,27H,8,10H2,1H3,(H,28,31)(H,29,32,34). The molecule has 0 radical (unpaired) electrons. The van der Waals surface area contributed by atoms with E-state index in [0.29, 0.717) is 22.0 Å². The van der Waals surface area contributed by atoms with Crippen LogP contribution in [0.4, 0.5) is 11.4 Å². The summed E-state index contributed by atoms with van der Waals surface area (Å²) in [5.74, 6) is -2.73. The van der Waals surface area contributed by atoms with E-state index in [4.69, 9.17) is 11.6 Å². The lowest BCUT2D eigenvalue weighted by atomic mass is 10.0. The van der Waals surface area contributed by atoms with E-state index in [0.717, 1.165) is 16.5 Å². The number of benzene rings is 2. The second-order valence-corrected chi connectivity index (χ2v) is 8.48. The molecule has 0 saturated carbocycles. The van der Waals surface area contributed by atoms with E-state index in [1.54, 1.807) is 42.5 Å². The number of carbonyl (C=O) groups is 5. The van der Waals surface area contributed by atoms with Crippen LogP contribution in [0.2, 0.25) is 5.02 Å². The fraction of sp³-hybridized carbons (Fsp3) is 0.160. The van der Waals surface area contributed by atoms with E-state index < -0.39 is 29.7 Å². The van der Waals surface area contributed by atoms with Crippen molar-refractivity contribution in [3.63, 3.8) is 0 Å². The maximum Gasteiger partial charge on any atom is 0.278 e. The van der Waals surface area contributed by atoms with Gasteiger partial charge < -0.3 is 10.6 Å². The van der Waals surface area contributed by atoms with Crippen molar-refractivity contribution in [2.75, 3.05) is 10.6 Å². The fourth-order valence-electron chi connectivity index (χ4n) is 3.70. The van der Waals surface area contributed by atoms with Crippen LogP contribution >= 0.6 is 11.6 Å². The van der Waals surface area contributed by atoms with Crippen LogP contribution in [0.3, 0.4) is 0 Å². The highest BCUT2D eigenvalue weighted by Crippen LogP contribution is 2.24. The molecule has 1 unspecified atom stereocenters. The lowest BCUT2D eigenvalue weighted by molar-refractivity contribution is -0.149. The summed E-state index contributed by atoms with van der Waals surface area (Å²) < 4.78 is 0. The summed E-state index contributed by atoms with van der Waals surface area (Å²) in [6, 6.07) is 11.1. The van der Waals surface area contributed by atoms with Crippen LogP contribution in [0, 0.1) is 6.92 Å². The zero-order chi connectivity index (χ0) is 25.1. The number of rotatable bonds is 6. The number of piperidine rings is 1. The first-order valence-corrected chi connectivity index (χ1v) is 11.1. The molecule has 0 spiro atoms. The summed E-state index contributed by atoms with van der Waals surface area (Å²) in [6.07, 6.45) is 4.22. The quantitative estimate of drug-likeness (QED) is 0.420. The minimum atomic E-state index is -1.03. The number of hydrogen-bond acceptors (Lipinski definition) is 6. The normalized spacial score (nSPS) is 18.1. The van der Waals surface area contributed by atoms with Crippen LogP contribution in [-0.2, 0) is 24.0 Å². The maximum absolute atomic E-state index is 12.8. The van der Waals surface area contributed by atoms with Crippen molar-refractivity contribution in [3.8, 4) is 0 Å². The van der Waals surface area contributed by atoms with Gasteiger partial charge in [0.15, 0.2) is 0 Å². The maximum atomic E-state index is 12.8. The number of nitrogens with zero attached hydrogens (tertiary/aromatic N) is 1. The van der Waals surface area contributed by atoms with Crippen molar-refractivity contribution in [1.29, 1.82) is 0 Å². The molecular weight excluding hydrogens is 472 g/mol. The molecular formula is C25H21ClN4O5. The Labute approximate surface area is 205 Å². The number of nitrogens with one attached hydrogen (secondary N) is 3. The number of hydrogen-bond donors (Lipinski definition) is 3. The van der Waals surface area contributed by atoms with Gasteiger partial charge in [0.2, 0.25) is 17.7 Å². The Morgan fingerprint density at radius 2 is 1.91 bits per heavy atom. The van der Waals surface area contributed by atoms with Gasteiger partial charge in [0.05, 0.1) is 0 Å². The van der Waals surface area contributed by atoms with Crippen molar-refractivity contribution < 1.29 is 24.0 Å². The topological polar surface area (TPSA) is 125 Å². The highest BCUT2D eigenvalue weighted by atomic mass is 35.5. The summed E-state index contributed by atoms with van der Waals surface area (Å²) in [5.41, 5.74) is 2.67. The van der Waals surface area contributed by atoms with E-state index >= 15 is 0 Å². The van der Waals surface area contributed by atoms with E-state index in [2.05, 4.69) is 16.0 Å². The first kappa shape index (κ1) is 23.9. The predicted molar refractivity (Wildman–Crippen MR) is 130 cm³/mol. The smallest absolute Gasteiger partial charge is 0.278 e. The molecule has 2 aromatic rings. The number of imide groups is 2. The van der Waals surface area contributed by atoms with Crippen molar-refractivity contribution in [1.82, 2.24) is 10.2 Å². The molecule has 0 aromatic heterocycles. The SMILES string of the molecule is Cc1ccc(NC(=O)C=Cc2cccc(NC3=CC(=O)N(C4CCC(=O)NC4=O)C3=O)c2)cc1Cl. The Kier molecular flexibility index (Phi) is 6.79. The molecule has 2 aliphatic heterocycles. The van der Waals surface area contributed by atoms with Gasteiger partial charge in [-0.1, -0.05) is 29.8 Å². The average Bonchev–Trinajstić information content (AvgIpc) is 3.08. The molecule has 1 atom stereocenters. The van der Waals surface area contributed by atoms with E-state index in [9.17, 15) is 24.0 Å². The summed E-state index contributed by atoms with van der Waals surface area (Å²) in [7, 11) is 0. The van der Waals surface area contributed by atoms with Crippen LogP contribution in [0.1, 0.15) is 24.0 Å². The monoisotopic (exact) mass is 492 g/mol. The zero-order valence-electron chi connectivity index (χ0n) is 18.6. The third-order valence-electron chi connectivity index (χ3n) is 5.51. The zero-order valence-corrected chi connectivity index (χ0v) is 19.4. The minimum absolute atomic E-state index is 0.00909. The molecule has 178 valence electrons. The summed E-state index contributed by atoms with van der Waals surface area (Å²) in [5, 5.41) is 8.32. The molecule has 1 saturated heterocycles. The first-order chi connectivity index (χ1) is 16.7.